The third-order valence-corrected chi connectivity index (χ3v) is 3.02. The van der Waals surface area contributed by atoms with E-state index in [0.29, 0.717) is 13.2 Å². The van der Waals surface area contributed by atoms with E-state index in [1.165, 1.54) is 0 Å². The van der Waals surface area contributed by atoms with Crippen molar-refractivity contribution in [1.82, 2.24) is 9.78 Å². The first-order chi connectivity index (χ1) is 9.51. The van der Waals surface area contributed by atoms with Crippen LogP contribution in [0.4, 0.5) is 5.82 Å². The summed E-state index contributed by atoms with van der Waals surface area (Å²) >= 11 is 0. The van der Waals surface area contributed by atoms with Crippen LogP contribution in [-0.4, -0.2) is 47.2 Å². The molecule has 0 atom stereocenters. The summed E-state index contributed by atoms with van der Waals surface area (Å²) in [6.45, 7) is 8.77. The highest BCUT2D eigenvalue weighted by Gasteiger charge is 2.16. The van der Waals surface area contributed by atoms with Gasteiger partial charge in [0.05, 0.1) is 12.3 Å². The number of carboxylic acids is 1. The number of hydrogen-bond donors (Lipinski definition) is 1. The highest BCUT2D eigenvalue weighted by atomic mass is 16.5. The van der Waals surface area contributed by atoms with Crippen LogP contribution < -0.4 is 4.90 Å². The van der Waals surface area contributed by atoms with E-state index in [4.69, 9.17) is 9.84 Å². The average Bonchev–Trinajstić information content (AvgIpc) is 2.67. The first kappa shape index (κ1) is 16.2. The Balaban J connectivity index is 3.04. The summed E-state index contributed by atoms with van der Waals surface area (Å²) in [4.78, 5) is 12.8. The molecule has 6 nitrogen and oxygen atoms in total. The van der Waals surface area contributed by atoms with Crippen LogP contribution in [0.25, 0.3) is 6.08 Å². The normalized spacial score (nSPS) is 11.2. The number of nitrogens with zero attached hydrogens (tertiary/aromatic N) is 3. The van der Waals surface area contributed by atoms with E-state index in [0.717, 1.165) is 36.2 Å². The Morgan fingerprint density at radius 3 is 2.75 bits per heavy atom. The summed E-state index contributed by atoms with van der Waals surface area (Å²) < 4.78 is 7.17. The largest absolute Gasteiger partial charge is 0.478 e. The van der Waals surface area contributed by atoms with Gasteiger partial charge in [0.25, 0.3) is 0 Å². The number of anilines is 1. The Morgan fingerprint density at radius 2 is 2.20 bits per heavy atom. The minimum Gasteiger partial charge on any atom is -0.478 e. The van der Waals surface area contributed by atoms with Gasteiger partial charge in [0, 0.05) is 38.4 Å². The summed E-state index contributed by atoms with van der Waals surface area (Å²) in [5.74, 6) is -0.0428. The second-order valence-electron chi connectivity index (χ2n) is 4.39. The number of carbonyl (C=O) groups is 1. The van der Waals surface area contributed by atoms with Crippen LogP contribution in [0.1, 0.15) is 25.1 Å². The molecule has 1 aromatic heterocycles. The van der Waals surface area contributed by atoms with E-state index in [1.807, 2.05) is 20.9 Å². The fraction of sp³-hybridized carbons (Fsp3) is 0.571. The van der Waals surface area contributed by atoms with Crippen LogP contribution in [0.5, 0.6) is 0 Å². The Morgan fingerprint density at radius 1 is 1.50 bits per heavy atom. The Hall–Kier alpha value is -1.82. The van der Waals surface area contributed by atoms with Gasteiger partial charge in [0.2, 0.25) is 0 Å². The molecule has 0 saturated carbocycles. The molecule has 112 valence electrons. The quantitative estimate of drug-likeness (QED) is 0.580. The van der Waals surface area contributed by atoms with Crippen molar-refractivity contribution in [3.63, 3.8) is 0 Å². The minimum atomic E-state index is -0.962. The molecule has 1 aromatic rings. The average molecular weight is 281 g/mol. The van der Waals surface area contributed by atoms with E-state index in [1.54, 1.807) is 10.8 Å². The van der Waals surface area contributed by atoms with Gasteiger partial charge in [0.15, 0.2) is 0 Å². The van der Waals surface area contributed by atoms with Crippen molar-refractivity contribution >= 4 is 17.9 Å². The molecule has 0 spiro atoms. The number of ether oxygens (including phenoxy) is 1. The van der Waals surface area contributed by atoms with Crippen molar-refractivity contribution < 1.29 is 14.6 Å². The molecular weight excluding hydrogens is 258 g/mol. The van der Waals surface area contributed by atoms with Gasteiger partial charge in [-0.1, -0.05) is 0 Å². The molecule has 0 unspecified atom stereocenters. The molecule has 1 rings (SSSR count). The standard InChI is InChI=1S/C14H23N3O3/c1-5-17(9-10-20-6-2)14-12(7-8-13(18)19)11(3)15-16(14)4/h7-8H,5-6,9-10H2,1-4H3,(H,18,19). The zero-order chi connectivity index (χ0) is 15.1. The Labute approximate surface area is 119 Å². The van der Waals surface area contributed by atoms with Crippen LogP contribution in [0.2, 0.25) is 0 Å². The third-order valence-electron chi connectivity index (χ3n) is 3.02. The number of hydrogen-bond acceptors (Lipinski definition) is 4. The Bertz CT molecular complexity index is 480. The molecule has 0 saturated heterocycles. The maximum atomic E-state index is 10.7. The van der Waals surface area contributed by atoms with Crippen LogP contribution >= 0.6 is 0 Å². The van der Waals surface area contributed by atoms with Gasteiger partial charge in [0.1, 0.15) is 5.82 Å². The van der Waals surface area contributed by atoms with Crippen molar-refractivity contribution in [3.05, 3.63) is 17.3 Å². The highest BCUT2D eigenvalue weighted by molar-refractivity contribution is 5.87. The van der Waals surface area contributed by atoms with Gasteiger partial charge in [-0.25, -0.2) is 4.79 Å². The lowest BCUT2D eigenvalue weighted by atomic mass is 10.2. The number of aryl methyl sites for hydroxylation is 2. The topological polar surface area (TPSA) is 67.6 Å². The molecule has 0 aliphatic heterocycles. The van der Waals surface area contributed by atoms with Crippen molar-refractivity contribution in [2.24, 2.45) is 7.05 Å². The predicted octanol–water partition coefficient (Wildman–Crippen LogP) is 1.69. The molecule has 0 radical (unpaired) electrons. The van der Waals surface area contributed by atoms with E-state index >= 15 is 0 Å². The van der Waals surface area contributed by atoms with Crippen LogP contribution in [-0.2, 0) is 16.6 Å². The molecule has 0 aliphatic carbocycles. The number of carboxylic acid groups (broad SMARTS) is 1. The van der Waals surface area contributed by atoms with Crippen molar-refractivity contribution in [2.75, 3.05) is 31.2 Å². The molecule has 0 aliphatic rings. The molecule has 0 bridgehead atoms. The Kier molecular flexibility index (Phi) is 6.24. The first-order valence-electron chi connectivity index (χ1n) is 6.78. The number of aromatic nitrogens is 2. The first-order valence-corrected chi connectivity index (χ1v) is 6.78. The number of rotatable bonds is 8. The highest BCUT2D eigenvalue weighted by Crippen LogP contribution is 2.24. The van der Waals surface area contributed by atoms with E-state index in [2.05, 4.69) is 16.9 Å². The zero-order valence-electron chi connectivity index (χ0n) is 12.6. The van der Waals surface area contributed by atoms with Crippen molar-refractivity contribution in [1.29, 1.82) is 0 Å². The smallest absolute Gasteiger partial charge is 0.328 e. The van der Waals surface area contributed by atoms with Gasteiger partial charge in [-0.2, -0.15) is 5.10 Å². The van der Waals surface area contributed by atoms with Gasteiger partial charge in [-0.05, 0) is 26.8 Å². The molecule has 0 amide bonds. The van der Waals surface area contributed by atoms with Crippen molar-refractivity contribution in [3.8, 4) is 0 Å². The van der Waals surface area contributed by atoms with E-state index < -0.39 is 5.97 Å². The lowest BCUT2D eigenvalue weighted by molar-refractivity contribution is -0.131. The van der Waals surface area contributed by atoms with Gasteiger partial charge >= 0.3 is 5.97 Å². The maximum Gasteiger partial charge on any atom is 0.328 e. The van der Waals surface area contributed by atoms with E-state index in [-0.39, 0.29) is 0 Å². The zero-order valence-corrected chi connectivity index (χ0v) is 12.6. The van der Waals surface area contributed by atoms with Gasteiger partial charge < -0.3 is 14.7 Å². The van der Waals surface area contributed by atoms with Gasteiger partial charge in [-0.15, -0.1) is 0 Å². The maximum absolute atomic E-state index is 10.7. The fourth-order valence-electron chi connectivity index (χ4n) is 2.12. The molecular formula is C14H23N3O3. The molecule has 20 heavy (non-hydrogen) atoms. The number of likely N-dealkylation sites (N-methyl/N-ethyl adjacent to an activating group) is 1. The SMILES string of the molecule is CCOCCN(CC)c1c(C=CC(=O)O)c(C)nn1C. The summed E-state index contributed by atoms with van der Waals surface area (Å²) in [5, 5.41) is 13.2. The van der Waals surface area contributed by atoms with Gasteiger partial charge in [-0.3, -0.25) is 4.68 Å². The minimum absolute atomic E-state index is 0.636. The summed E-state index contributed by atoms with van der Waals surface area (Å²) in [5.41, 5.74) is 1.66. The molecule has 0 fully saturated rings. The molecule has 1 N–H and O–H groups in total. The third kappa shape index (κ3) is 4.09. The monoisotopic (exact) mass is 281 g/mol. The van der Waals surface area contributed by atoms with Crippen molar-refractivity contribution in [2.45, 2.75) is 20.8 Å². The predicted molar refractivity (Wildman–Crippen MR) is 79.0 cm³/mol. The lowest BCUT2D eigenvalue weighted by Gasteiger charge is -2.23. The molecule has 6 heteroatoms. The second kappa shape index (κ2) is 7.69. The molecule has 0 aromatic carbocycles. The van der Waals surface area contributed by atoms with Crippen LogP contribution in [0.15, 0.2) is 6.08 Å². The summed E-state index contributed by atoms with van der Waals surface area (Å²) in [6.07, 6.45) is 2.74. The molecule has 1 heterocycles. The number of aliphatic carboxylic acids is 1. The van der Waals surface area contributed by atoms with Crippen LogP contribution in [0, 0.1) is 6.92 Å². The second-order valence-corrected chi connectivity index (χ2v) is 4.39. The van der Waals surface area contributed by atoms with Crippen LogP contribution in [0.3, 0.4) is 0 Å². The summed E-state index contributed by atoms with van der Waals surface area (Å²) in [6, 6.07) is 0. The lowest BCUT2D eigenvalue weighted by Crippen LogP contribution is -2.29. The van der Waals surface area contributed by atoms with E-state index in [9.17, 15) is 4.79 Å². The summed E-state index contributed by atoms with van der Waals surface area (Å²) in [7, 11) is 1.86. The fourth-order valence-corrected chi connectivity index (χ4v) is 2.12.